The summed E-state index contributed by atoms with van der Waals surface area (Å²) in [4.78, 5) is 0.238. The lowest BCUT2D eigenvalue weighted by Crippen LogP contribution is -2.23. The Labute approximate surface area is 130 Å². The Kier molecular flexibility index (Phi) is 3.79. The van der Waals surface area contributed by atoms with Crippen LogP contribution in [-0.4, -0.2) is 18.0 Å². The molecule has 0 spiro atoms. The first-order valence-electron chi connectivity index (χ1n) is 6.23. The second kappa shape index (κ2) is 5.59. The Hall–Kier alpha value is -1.70. The van der Waals surface area contributed by atoms with Gasteiger partial charge >= 0.3 is 0 Å². The third kappa shape index (κ3) is 2.99. The monoisotopic (exact) mass is 365 g/mol. The molecule has 1 aromatic carbocycles. The normalized spacial score (nSPS) is 11.9. The van der Waals surface area contributed by atoms with Crippen molar-refractivity contribution in [2.75, 3.05) is 0 Å². The van der Waals surface area contributed by atoms with Crippen LogP contribution >= 0.6 is 15.9 Å². The molecule has 7 heteroatoms. The van der Waals surface area contributed by atoms with Crippen molar-refractivity contribution in [1.82, 2.24) is 14.3 Å². The molecule has 0 amide bonds. The van der Waals surface area contributed by atoms with Gasteiger partial charge in [0.1, 0.15) is 0 Å². The van der Waals surface area contributed by atoms with Crippen LogP contribution in [0.1, 0.15) is 5.56 Å². The molecule has 0 aliphatic rings. The summed E-state index contributed by atoms with van der Waals surface area (Å²) in [6, 6.07) is 12.2. The maximum absolute atomic E-state index is 12.2. The fraction of sp³-hybridized carbons (Fsp3) is 0.0714. The Bertz CT molecular complexity index is 873. The molecule has 0 aliphatic carbocycles. The SMILES string of the molecule is O=S(=O)(NCc1cnn2ccccc12)c1ccc(Br)cc1. The van der Waals surface area contributed by atoms with E-state index in [0.717, 1.165) is 15.6 Å². The van der Waals surface area contributed by atoms with E-state index in [1.807, 2.05) is 24.4 Å². The number of nitrogens with one attached hydrogen (secondary N) is 1. The molecule has 0 bridgehead atoms. The number of hydrogen-bond acceptors (Lipinski definition) is 3. The van der Waals surface area contributed by atoms with Gasteiger partial charge in [-0.25, -0.2) is 17.7 Å². The molecule has 0 atom stereocenters. The molecule has 21 heavy (non-hydrogen) atoms. The molecule has 0 saturated carbocycles. The lowest BCUT2D eigenvalue weighted by atomic mass is 10.3. The zero-order valence-electron chi connectivity index (χ0n) is 10.9. The van der Waals surface area contributed by atoms with Gasteiger partial charge in [0.25, 0.3) is 0 Å². The molecule has 0 radical (unpaired) electrons. The molecule has 1 N–H and O–H groups in total. The summed E-state index contributed by atoms with van der Waals surface area (Å²) in [5.74, 6) is 0. The standard InChI is InChI=1S/C14H12BrN3O2S/c15-12-4-6-13(7-5-12)21(19,20)17-10-11-9-16-18-8-2-1-3-14(11)18/h1-9,17H,10H2. The van der Waals surface area contributed by atoms with E-state index < -0.39 is 10.0 Å². The predicted octanol–water partition coefficient (Wildman–Crippen LogP) is 2.58. The van der Waals surface area contributed by atoms with Gasteiger partial charge in [0.15, 0.2) is 0 Å². The van der Waals surface area contributed by atoms with Crippen molar-refractivity contribution in [2.45, 2.75) is 11.4 Å². The van der Waals surface area contributed by atoms with E-state index in [0.29, 0.717) is 0 Å². The maximum atomic E-state index is 12.2. The summed E-state index contributed by atoms with van der Waals surface area (Å²) in [5, 5.41) is 4.18. The van der Waals surface area contributed by atoms with Gasteiger partial charge in [-0.3, -0.25) is 0 Å². The van der Waals surface area contributed by atoms with E-state index in [-0.39, 0.29) is 11.4 Å². The van der Waals surface area contributed by atoms with Crippen molar-refractivity contribution >= 4 is 31.5 Å². The molecule has 108 valence electrons. The van der Waals surface area contributed by atoms with Crippen LogP contribution in [0.4, 0.5) is 0 Å². The van der Waals surface area contributed by atoms with Gasteiger partial charge in [0, 0.05) is 22.8 Å². The zero-order valence-corrected chi connectivity index (χ0v) is 13.3. The van der Waals surface area contributed by atoms with Gasteiger partial charge in [-0.2, -0.15) is 5.10 Å². The summed E-state index contributed by atoms with van der Waals surface area (Å²) in [6.07, 6.45) is 3.49. The average molecular weight is 366 g/mol. The van der Waals surface area contributed by atoms with E-state index >= 15 is 0 Å². The molecule has 0 unspecified atom stereocenters. The second-order valence-electron chi connectivity index (χ2n) is 4.48. The van der Waals surface area contributed by atoms with Crippen molar-refractivity contribution in [3.05, 3.63) is 64.9 Å². The number of sulfonamides is 1. The highest BCUT2D eigenvalue weighted by atomic mass is 79.9. The first kappa shape index (κ1) is 14.2. The third-order valence-electron chi connectivity index (χ3n) is 3.08. The Morgan fingerprint density at radius 2 is 1.90 bits per heavy atom. The van der Waals surface area contributed by atoms with Gasteiger partial charge in [0.05, 0.1) is 16.6 Å². The summed E-state index contributed by atoms with van der Waals surface area (Å²) in [5.41, 5.74) is 1.72. The van der Waals surface area contributed by atoms with Crippen LogP contribution in [0.15, 0.2) is 64.2 Å². The molecule has 0 fully saturated rings. The molecule has 2 heterocycles. The summed E-state index contributed by atoms with van der Waals surface area (Å²) >= 11 is 3.28. The molecule has 0 saturated heterocycles. The zero-order chi connectivity index (χ0) is 14.9. The van der Waals surface area contributed by atoms with E-state index in [4.69, 9.17) is 0 Å². The van der Waals surface area contributed by atoms with Crippen LogP contribution < -0.4 is 4.72 Å². The number of nitrogens with zero attached hydrogens (tertiary/aromatic N) is 2. The number of rotatable bonds is 4. The fourth-order valence-corrected chi connectivity index (χ4v) is 3.26. The van der Waals surface area contributed by atoms with E-state index in [9.17, 15) is 8.42 Å². The molecule has 2 aromatic heterocycles. The van der Waals surface area contributed by atoms with Crippen LogP contribution in [0.5, 0.6) is 0 Å². The van der Waals surface area contributed by atoms with Crippen molar-refractivity contribution in [1.29, 1.82) is 0 Å². The number of pyridine rings is 1. The number of fused-ring (bicyclic) bond motifs is 1. The van der Waals surface area contributed by atoms with Crippen molar-refractivity contribution in [3.63, 3.8) is 0 Å². The average Bonchev–Trinajstić information content (AvgIpc) is 2.89. The third-order valence-corrected chi connectivity index (χ3v) is 5.03. The minimum Gasteiger partial charge on any atom is -0.241 e. The summed E-state index contributed by atoms with van der Waals surface area (Å²) in [7, 11) is -3.53. The predicted molar refractivity (Wildman–Crippen MR) is 83.4 cm³/mol. The minimum absolute atomic E-state index is 0.200. The maximum Gasteiger partial charge on any atom is 0.240 e. The van der Waals surface area contributed by atoms with E-state index in [1.165, 1.54) is 0 Å². The number of benzene rings is 1. The van der Waals surface area contributed by atoms with Gasteiger partial charge in [0.2, 0.25) is 10.0 Å². The lowest BCUT2D eigenvalue weighted by molar-refractivity contribution is 0.581. The number of hydrogen-bond donors (Lipinski definition) is 1. The smallest absolute Gasteiger partial charge is 0.240 e. The quantitative estimate of drug-likeness (QED) is 0.772. The minimum atomic E-state index is -3.53. The molecule has 0 aliphatic heterocycles. The summed E-state index contributed by atoms with van der Waals surface area (Å²) in [6.45, 7) is 0.200. The summed E-state index contributed by atoms with van der Waals surface area (Å²) < 4.78 is 29.6. The Morgan fingerprint density at radius 3 is 2.67 bits per heavy atom. The van der Waals surface area contributed by atoms with Crippen LogP contribution in [0, 0.1) is 0 Å². The number of halogens is 1. The molecule has 3 rings (SSSR count). The van der Waals surface area contributed by atoms with Crippen LogP contribution in [0.2, 0.25) is 0 Å². The lowest BCUT2D eigenvalue weighted by Gasteiger charge is -2.06. The molecule has 3 aromatic rings. The van der Waals surface area contributed by atoms with Crippen molar-refractivity contribution in [2.24, 2.45) is 0 Å². The van der Waals surface area contributed by atoms with Crippen molar-refractivity contribution < 1.29 is 8.42 Å². The molecule has 5 nitrogen and oxygen atoms in total. The topological polar surface area (TPSA) is 63.5 Å². The second-order valence-corrected chi connectivity index (χ2v) is 7.16. The highest BCUT2D eigenvalue weighted by Crippen LogP contribution is 2.16. The van der Waals surface area contributed by atoms with Crippen molar-refractivity contribution in [3.8, 4) is 0 Å². The van der Waals surface area contributed by atoms with Gasteiger partial charge in [-0.05, 0) is 36.4 Å². The fourth-order valence-electron chi connectivity index (χ4n) is 1.99. The van der Waals surface area contributed by atoms with E-state index in [2.05, 4.69) is 25.8 Å². The first-order chi connectivity index (χ1) is 10.1. The largest absolute Gasteiger partial charge is 0.241 e. The molecular formula is C14H12BrN3O2S. The number of aromatic nitrogens is 2. The highest BCUT2D eigenvalue weighted by Gasteiger charge is 2.14. The Morgan fingerprint density at radius 1 is 1.14 bits per heavy atom. The van der Waals surface area contributed by atoms with Gasteiger partial charge in [-0.1, -0.05) is 22.0 Å². The highest BCUT2D eigenvalue weighted by molar-refractivity contribution is 9.10. The Balaban J connectivity index is 1.82. The van der Waals surface area contributed by atoms with Crippen LogP contribution in [0.3, 0.4) is 0 Å². The van der Waals surface area contributed by atoms with Crippen LogP contribution in [0.25, 0.3) is 5.52 Å². The van der Waals surface area contributed by atoms with Gasteiger partial charge < -0.3 is 0 Å². The first-order valence-corrected chi connectivity index (χ1v) is 8.50. The van der Waals surface area contributed by atoms with Gasteiger partial charge in [-0.15, -0.1) is 0 Å². The molecular weight excluding hydrogens is 354 g/mol. The van der Waals surface area contributed by atoms with E-state index in [1.54, 1.807) is 35.0 Å². The van der Waals surface area contributed by atoms with Crippen LogP contribution in [-0.2, 0) is 16.6 Å².